The highest BCUT2D eigenvalue weighted by Gasteiger charge is 2.36. The largest absolute Gasteiger partial charge is 0.495 e. The molecule has 0 fully saturated rings. The van der Waals surface area contributed by atoms with Crippen LogP contribution in [0.5, 0.6) is 5.75 Å². The fourth-order valence-corrected chi connectivity index (χ4v) is 6.81. The lowest BCUT2D eigenvalue weighted by molar-refractivity contribution is -0.385. The zero-order valence-corrected chi connectivity index (χ0v) is 28.8. The Morgan fingerprint density at radius 3 is 2.23 bits per heavy atom. The predicted octanol–water partition coefficient (Wildman–Crippen LogP) is 6.19. The minimum absolute atomic E-state index is 0.0682. The molecule has 0 aromatic heterocycles. The highest BCUT2D eigenvalue weighted by Crippen LogP contribution is 2.36. The number of carbonyl (C=O) groups is 2. The number of ether oxygens (including phenoxy) is 1. The first kappa shape index (κ1) is 36.2. The van der Waals surface area contributed by atoms with Gasteiger partial charge in [0.1, 0.15) is 18.3 Å². The zero-order valence-electron chi connectivity index (χ0n) is 26.4. The van der Waals surface area contributed by atoms with Crippen molar-refractivity contribution in [2.75, 3.05) is 24.5 Å². The summed E-state index contributed by atoms with van der Waals surface area (Å²) in [4.78, 5) is 40.1. The maximum absolute atomic E-state index is 14.6. The number of hydrogen-bond acceptors (Lipinski definition) is 7. The monoisotopic (exact) mass is 712 g/mol. The van der Waals surface area contributed by atoms with Gasteiger partial charge in [0.15, 0.2) is 0 Å². The molecule has 1 atom stereocenters. The molecule has 0 saturated carbocycles. The summed E-state index contributed by atoms with van der Waals surface area (Å²) in [7, 11) is -3.35. The molecule has 0 unspecified atom stereocenters. The molecule has 0 aliphatic carbocycles. The number of hydrogen-bond donors (Lipinski definition) is 1. The minimum atomic E-state index is -4.67. The SMILES string of the molecule is CCNC(=O)[C@H](Cc1ccccc1)N(Cc1ccc(Cl)cc1)C(=O)CN(c1cc(Cl)ccc1OC)S(=O)(=O)c1ccc(C)c([N+](=O)[O-])c1. The molecule has 0 spiro atoms. The van der Waals surface area contributed by atoms with Crippen LogP contribution in [0.15, 0.2) is 95.9 Å². The van der Waals surface area contributed by atoms with Crippen LogP contribution in [0, 0.1) is 17.0 Å². The Morgan fingerprint density at radius 1 is 0.938 bits per heavy atom. The standard InChI is InChI=1S/C34H34Cl2N4O7S/c1-4-37-34(42)31(18-24-8-6-5-7-9-24)38(21-25-11-13-26(35)14-12-25)33(41)22-39(30-19-27(36)15-17-32(30)47-3)48(45,46)28-16-10-23(2)29(20-28)40(43)44/h5-17,19-20,31H,4,18,21-22H2,1-3H3,(H,37,42)/t31-/m0/s1. The summed E-state index contributed by atoms with van der Waals surface area (Å²) in [6.07, 6.45) is 0.128. The van der Waals surface area contributed by atoms with E-state index in [2.05, 4.69) is 5.32 Å². The second-order valence-electron chi connectivity index (χ2n) is 10.8. The lowest BCUT2D eigenvalue weighted by atomic mass is 10.0. The Kier molecular flexibility index (Phi) is 12.0. The summed E-state index contributed by atoms with van der Waals surface area (Å²) in [5.41, 5.74) is 1.17. The zero-order chi connectivity index (χ0) is 35.0. The summed E-state index contributed by atoms with van der Waals surface area (Å²) in [5, 5.41) is 15.2. The quantitative estimate of drug-likeness (QED) is 0.122. The molecule has 14 heteroatoms. The van der Waals surface area contributed by atoms with Crippen molar-refractivity contribution >= 4 is 56.4 Å². The van der Waals surface area contributed by atoms with Crippen molar-refractivity contribution in [3.8, 4) is 5.75 Å². The molecule has 48 heavy (non-hydrogen) atoms. The molecule has 0 saturated heterocycles. The third-order valence-electron chi connectivity index (χ3n) is 7.54. The topological polar surface area (TPSA) is 139 Å². The van der Waals surface area contributed by atoms with E-state index in [4.69, 9.17) is 27.9 Å². The van der Waals surface area contributed by atoms with E-state index >= 15 is 0 Å². The van der Waals surface area contributed by atoms with Crippen LogP contribution in [0.2, 0.25) is 10.0 Å². The Morgan fingerprint density at radius 2 is 1.60 bits per heavy atom. The average molecular weight is 714 g/mol. The second-order valence-corrected chi connectivity index (χ2v) is 13.5. The Balaban J connectivity index is 1.88. The summed E-state index contributed by atoms with van der Waals surface area (Å²) in [6.45, 7) is 2.65. The maximum Gasteiger partial charge on any atom is 0.273 e. The van der Waals surface area contributed by atoms with Crippen LogP contribution in [0.3, 0.4) is 0 Å². The van der Waals surface area contributed by atoms with Crippen LogP contribution in [0.4, 0.5) is 11.4 Å². The van der Waals surface area contributed by atoms with Crippen molar-refractivity contribution in [2.45, 2.75) is 37.8 Å². The van der Waals surface area contributed by atoms with Crippen LogP contribution in [0.25, 0.3) is 0 Å². The molecule has 0 heterocycles. The summed E-state index contributed by atoms with van der Waals surface area (Å²) in [5.74, 6) is -1.09. The van der Waals surface area contributed by atoms with E-state index in [9.17, 15) is 28.1 Å². The van der Waals surface area contributed by atoms with Crippen LogP contribution < -0.4 is 14.4 Å². The number of rotatable bonds is 14. The molecular formula is C34H34Cl2N4O7S. The number of aryl methyl sites for hydroxylation is 1. The predicted molar refractivity (Wildman–Crippen MR) is 185 cm³/mol. The summed E-state index contributed by atoms with van der Waals surface area (Å²) < 4.78 is 35.0. The number of anilines is 1. The minimum Gasteiger partial charge on any atom is -0.495 e. The third-order valence-corrected chi connectivity index (χ3v) is 9.78. The molecule has 0 bridgehead atoms. The van der Waals surface area contributed by atoms with Gasteiger partial charge in [-0.2, -0.15) is 0 Å². The van der Waals surface area contributed by atoms with Crippen molar-refractivity contribution in [3.05, 3.63) is 128 Å². The van der Waals surface area contributed by atoms with Gasteiger partial charge in [-0.1, -0.05) is 71.7 Å². The lowest BCUT2D eigenvalue weighted by Gasteiger charge is -2.34. The molecule has 2 amide bonds. The van der Waals surface area contributed by atoms with Gasteiger partial charge in [-0.25, -0.2) is 8.42 Å². The van der Waals surface area contributed by atoms with Crippen molar-refractivity contribution in [1.82, 2.24) is 10.2 Å². The van der Waals surface area contributed by atoms with E-state index in [-0.39, 0.29) is 35.0 Å². The van der Waals surface area contributed by atoms with Crippen molar-refractivity contribution < 1.29 is 27.7 Å². The normalized spacial score (nSPS) is 11.8. The number of halogens is 2. The van der Waals surface area contributed by atoms with Gasteiger partial charge in [-0.15, -0.1) is 0 Å². The summed E-state index contributed by atoms with van der Waals surface area (Å²) >= 11 is 12.4. The molecule has 1 N–H and O–H groups in total. The van der Waals surface area contributed by atoms with Gasteiger partial charge in [0, 0.05) is 41.2 Å². The van der Waals surface area contributed by atoms with E-state index in [1.165, 1.54) is 49.3 Å². The van der Waals surface area contributed by atoms with Gasteiger partial charge in [-0.3, -0.25) is 24.0 Å². The molecule has 4 aromatic rings. The van der Waals surface area contributed by atoms with Crippen LogP contribution >= 0.6 is 23.2 Å². The highest BCUT2D eigenvalue weighted by molar-refractivity contribution is 7.92. The molecule has 0 aliphatic heterocycles. The van der Waals surface area contributed by atoms with Gasteiger partial charge in [-0.05, 0) is 61.4 Å². The number of amides is 2. The van der Waals surface area contributed by atoms with Gasteiger partial charge in [0.2, 0.25) is 11.8 Å². The second kappa shape index (κ2) is 16.0. The van der Waals surface area contributed by atoms with E-state index < -0.39 is 49.9 Å². The Bertz CT molecular complexity index is 1890. The summed E-state index contributed by atoms with van der Waals surface area (Å²) in [6, 6.07) is 22.5. The Labute approximate surface area is 289 Å². The first-order valence-corrected chi connectivity index (χ1v) is 17.0. The number of likely N-dealkylation sites (N-methyl/N-ethyl adjacent to an activating group) is 1. The maximum atomic E-state index is 14.6. The third kappa shape index (κ3) is 8.62. The first-order chi connectivity index (χ1) is 22.8. The molecule has 0 radical (unpaired) electrons. The number of nitro benzene ring substituents is 1. The van der Waals surface area contributed by atoms with E-state index in [1.807, 2.05) is 30.3 Å². The average Bonchev–Trinajstić information content (AvgIpc) is 3.06. The lowest BCUT2D eigenvalue weighted by Crippen LogP contribution is -2.53. The number of nitrogens with zero attached hydrogens (tertiary/aromatic N) is 3. The molecule has 4 aromatic carbocycles. The van der Waals surface area contributed by atoms with E-state index in [1.54, 1.807) is 31.2 Å². The number of carbonyl (C=O) groups excluding carboxylic acids is 2. The van der Waals surface area contributed by atoms with Gasteiger partial charge in [0.05, 0.1) is 22.6 Å². The van der Waals surface area contributed by atoms with E-state index in [0.717, 1.165) is 15.9 Å². The fourth-order valence-electron chi connectivity index (χ4n) is 5.08. The number of nitro groups is 1. The highest BCUT2D eigenvalue weighted by atomic mass is 35.5. The van der Waals surface area contributed by atoms with Crippen molar-refractivity contribution in [2.24, 2.45) is 0 Å². The molecular weight excluding hydrogens is 679 g/mol. The van der Waals surface area contributed by atoms with Crippen LogP contribution in [-0.4, -0.2) is 56.3 Å². The smallest absolute Gasteiger partial charge is 0.273 e. The van der Waals surface area contributed by atoms with Crippen molar-refractivity contribution in [1.29, 1.82) is 0 Å². The van der Waals surface area contributed by atoms with E-state index in [0.29, 0.717) is 17.1 Å². The number of benzene rings is 4. The number of methoxy groups -OCH3 is 1. The van der Waals surface area contributed by atoms with Crippen molar-refractivity contribution in [3.63, 3.8) is 0 Å². The van der Waals surface area contributed by atoms with Gasteiger partial charge in [0.25, 0.3) is 15.7 Å². The molecule has 4 rings (SSSR count). The fraction of sp³-hybridized carbons (Fsp3) is 0.235. The van der Waals surface area contributed by atoms with Crippen LogP contribution in [0.1, 0.15) is 23.6 Å². The van der Waals surface area contributed by atoms with Gasteiger partial charge < -0.3 is 15.0 Å². The molecule has 11 nitrogen and oxygen atoms in total. The number of nitrogens with one attached hydrogen (secondary N) is 1. The molecule has 0 aliphatic rings. The Hall–Kier alpha value is -4.65. The van der Waals surface area contributed by atoms with Gasteiger partial charge >= 0.3 is 0 Å². The number of sulfonamides is 1. The first-order valence-electron chi connectivity index (χ1n) is 14.8. The molecule has 252 valence electrons. The van der Waals surface area contributed by atoms with Crippen LogP contribution in [-0.2, 0) is 32.6 Å².